The van der Waals surface area contributed by atoms with Crippen molar-refractivity contribution in [2.45, 2.75) is 19.3 Å². The smallest absolute Gasteiger partial charge is 0.0465 e. The molecule has 0 radical (unpaired) electrons. The summed E-state index contributed by atoms with van der Waals surface area (Å²) in [7, 11) is 0. The SMILES string of the molecule is CC1(C)c2cc(N(c3ccccc3)c3ccc(-c4cc5ccccc5cc4-c4cccc(-c5ccccc5)c4)cc3)ccc2-c2c(-c3ccccc3)cccc21. The highest BCUT2D eigenvalue weighted by molar-refractivity contribution is 5.98. The highest BCUT2D eigenvalue weighted by atomic mass is 15.1. The summed E-state index contributed by atoms with van der Waals surface area (Å²) >= 11 is 0. The van der Waals surface area contributed by atoms with Crippen molar-refractivity contribution < 1.29 is 0 Å². The topological polar surface area (TPSA) is 3.24 Å². The van der Waals surface area contributed by atoms with Crippen LogP contribution in [0.15, 0.2) is 212 Å². The van der Waals surface area contributed by atoms with Gasteiger partial charge in [-0.05, 0) is 132 Å². The lowest BCUT2D eigenvalue weighted by atomic mass is 9.81. The molecule has 0 saturated heterocycles. The molecule has 1 nitrogen and oxygen atoms in total. The Morgan fingerprint density at radius 1 is 0.304 bits per heavy atom. The number of rotatable bonds is 7. The minimum atomic E-state index is -0.151. The first kappa shape index (κ1) is 33.6. The van der Waals surface area contributed by atoms with Gasteiger partial charge in [-0.25, -0.2) is 0 Å². The van der Waals surface area contributed by atoms with Gasteiger partial charge in [-0.3, -0.25) is 0 Å². The molecule has 0 aromatic heterocycles. The molecule has 56 heavy (non-hydrogen) atoms. The van der Waals surface area contributed by atoms with Gasteiger partial charge < -0.3 is 4.90 Å². The fourth-order valence-corrected chi connectivity index (χ4v) is 8.80. The highest BCUT2D eigenvalue weighted by Crippen LogP contribution is 2.53. The van der Waals surface area contributed by atoms with Crippen molar-refractivity contribution in [3.05, 3.63) is 223 Å². The summed E-state index contributed by atoms with van der Waals surface area (Å²) in [4.78, 5) is 2.39. The van der Waals surface area contributed by atoms with Gasteiger partial charge in [0, 0.05) is 22.5 Å². The minimum absolute atomic E-state index is 0.151. The van der Waals surface area contributed by atoms with Crippen LogP contribution < -0.4 is 4.90 Å². The van der Waals surface area contributed by atoms with Crippen LogP contribution in [0.2, 0.25) is 0 Å². The van der Waals surface area contributed by atoms with Gasteiger partial charge in [-0.1, -0.05) is 172 Å². The maximum atomic E-state index is 2.42. The molecule has 0 N–H and O–H groups in total. The van der Waals surface area contributed by atoms with E-state index in [4.69, 9.17) is 0 Å². The number of anilines is 3. The first-order valence-corrected chi connectivity index (χ1v) is 19.5. The number of nitrogens with zero attached hydrogens (tertiary/aromatic N) is 1. The summed E-state index contributed by atoms with van der Waals surface area (Å²) in [6.07, 6.45) is 0. The lowest BCUT2D eigenvalue weighted by molar-refractivity contribution is 0.660. The summed E-state index contributed by atoms with van der Waals surface area (Å²) in [6.45, 7) is 4.74. The van der Waals surface area contributed by atoms with Crippen molar-refractivity contribution in [3.63, 3.8) is 0 Å². The molecule has 0 bridgehead atoms. The van der Waals surface area contributed by atoms with Crippen LogP contribution in [0.1, 0.15) is 25.0 Å². The second-order valence-corrected chi connectivity index (χ2v) is 15.4. The standard InChI is InChI=1S/C55H41N/c1-55(2)52-27-15-26-48(39-18-8-4-9-19-39)54(52)49-33-32-47(37-53(49)55)56(45-24-10-5-11-25-45)46-30-28-40(29-31-46)50-35-42-20-12-13-21-43(42)36-51(50)44-23-14-22-41(34-44)38-16-6-3-7-17-38/h3-37H,1-2H3. The van der Waals surface area contributed by atoms with Gasteiger partial charge in [0.05, 0.1) is 0 Å². The monoisotopic (exact) mass is 715 g/mol. The molecule has 0 fully saturated rings. The van der Waals surface area contributed by atoms with E-state index in [1.54, 1.807) is 0 Å². The Morgan fingerprint density at radius 2 is 0.821 bits per heavy atom. The largest absolute Gasteiger partial charge is 0.310 e. The van der Waals surface area contributed by atoms with Crippen LogP contribution in [-0.2, 0) is 5.41 Å². The molecule has 1 heteroatoms. The lowest BCUT2D eigenvalue weighted by Gasteiger charge is -2.28. The van der Waals surface area contributed by atoms with Gasteiger partial charge in [-0.15, -0.1) is 0 Å². The maximum Gasteiger partial charge on any atom is 0.0465 e. The summed E-state index contributed by atoms with van der Waals surface area (Å²) in [5.41, 5.74) is 18.5. The van der Waals surface area contributed by atoms with Gasteiger partial charge in [0.15, 0.2) is 0 Å². The molecule has 0 aliphatic heterocycles. The summed E-state index contributed by atoms with van der Waals surface area (Å²) in [5.74, 6) is 0. The van der Waals surface area contributed by atoms with E-state index in [1.807, 2.05) is 0 Å². The summed E-state index contributed by atoms with van der Waals surface area (Å²) in [6, 6.07) is 77.5. The van der Waals surface area contributed by atoms with E-state index >= 15 is 0 Å². The van der Waals surface area contributed by atoms with Crippen LogP contribution in [0.5, 0.6) is 0 Å². The number of para-hydroxylation sites is 1. The third-order valence-electron chi connectivity index (χ3n) is 11.6. The zero-order valence-corrected chi connectivity index (χ0v) is 31.7. The molecule has 0 spiro atoms. The Kier molecular flexibility index (Phi) is 8.23. The molecule has 0 heterocycles. The van der Waals surface area contributed by atoms with Crippen molar-refractivity contribution in [1.82, 2.24) is 0 Å². The second kappa shape index (κ2) is 13.7. The molecule has 0 amide bonds. The first-order chi connectivity index (χ1) is 27.5. The molecule has 1 aliphatic carbocycles. The van der Waals surface area contributed by atoms with E-state index < -0.39 is 0 Å². The molecule has 9 aromatic carbocycles. The average Bonchev–Trinajstić information content (AvgIpc) is 3.50. The normalized spacial score (nSPS) is 12.6. The van der Waals surface area contributed by atoms with Crippen molar-refractivity contribution in [2.75, 3.05) is 4.90 Å². The summed E-state index contributed by atoms with van der Waals surface area (Å²) in [5, 5.41) is 2.47. The predicted octanol–water partition coefficient (Wildman–Crippen LogP) is 15.3. The number of hydrogen-bond donors (Lipinski definition) is 0. The quantitative estimate of drug-likeness (QED) is 0.159. The van der Waals surface area contributed by atoms with Crippen molar-refractivity contribution in [2.24, 2.45) is 0 Å². The maximum absolute atomic E-state index is 2.42. The number of hydrogen-bond acceptors (Lipinski definition) is 1. The molecule has 10 rings (SSSR count). The average molecular weight is 716 g/mol. The molecule has 9 aromatic rings. The summed E-state index contributed by atoms with van der Waals surface area (Å²) < 4.78 is 0. The van der Waals surface area contributed by atoms with Crippen LogP contribution in [0.3, 0.4) is 0 Å². The molecule has 0 atom stereocenters. The Balaban J connectivity index is 1.08. The highest BCUT2D eigenvalue weighted by Gasteiger charge is 2.37. The Morgan fingerprint density at radius 3 is 1.52 bits per heavy atom. The molecule has 1 aliphatic rings. The van der Waals surface area contributed by atoms with Crippen LogP contribution in [-0.4, -0.2) is 0 Å². The van der Waals surface area contributed by atoms with E-state index in [1.165, 1.54) is 77.5 Å². The number of fused-ring (bicyclic) bond motifs is 4. The molecule has 0 saturated carbocycles. The van der Waals surface area contributed by atoms with Gasteiger partial charge in [0.2, 0.25) is 0 Å². The third-order valence-corrected chi connectivity index (χ3v) is 11.6. The van der Waals surface area contributed by atoms with Gasteiger partial charge in [0.1, 0.15) is 0 Å². The number of benzene rings is 9. The van der Waals surface area contributed by atoms with Gasteiger partial charge in [0.25, 0.3) is 0 Å². The van der Waals surface area contributed by atoms with E-state index in [9.17, 15) is 0 Å². The minimum Gasteiger partial charge on any atom is -0.310 e. The molecule has 0 unspecified atom stereocenters. The van der Waals surface area contributed by atoms with Crippen LogP contribution in [0.25, 0.3) is 66.4 Å². The van der Waals surface area contributed by atoms with Crippen molar-refractivity contribution in [1.29, 1.82) is 0 Å². The Hall–Kier alpha value is -6.96. The molecular formula is C55H41N. The van der Waals surface area contributed by atoms with E-state index in [2.05, 4.69) is 231 Å². The van der Waals surface area contributed by atoms with Gasteiger partial charge in [-0.2, -0.15) is 0 Å². The van der Waals surface area contributed by atoms with Gasteiger partial charge >= 0.3 is 0 Å². The van der Waals surface area contributed by atoms with E-state index in [0.29, 0.717) is 0 Å². The molecular weight excluding hydrogens is 675 g/mol. The zero-order valence-electron chi connectivity index (χ0n) is 31.7. The Bertz CT molecular complexity index is 2850. The first-order valence-electron chi connectivity index (χ1n) is 19.5. The van der Waals surface area contributed by atoms with Crippen molar-refractivity contribution >= 4 is 27.8 Å². The second-order valence-electron chi connectivity index (χ2n) is 15.4. The van der Waals surface area contributed by atoms with E-state index in [-0.39, 0.29) is 5.41 Å². The fourth-order valence-electron chi connectivity index (χ4n) is 8.80. The fraction of sp³-hybridized carbons (Fsp3) is 0.0545. The lowest BCUT2D eigenvalue weighted by Crippen LogP contribution is -2.16. The Labute approximate surface area is 329 Å². The van der Waals surface area contributed by atoms with Crippen LogP contribution in [0, 0.1) is 0 Å². The third kappa shape index (κ3) is 5.81. The van der Waals surface area contributed by atoms with Crippen LogP contribution in [0.4, 0.5) is 17.1 Å². The van der Waals surface area contributed by atoms with Crippen molar-refractivity contribution in [3.8, 4) is 55.6 Å². The molecule has 266 valence electrons. The van der Waals surface area contributed by atoms with E-state index in [0.717, 1.165) is 17.1 Å². The zero-order chi connectivity index (χ0) is 37.6. The predicted molar refractivity (Wildman–Crippen MR) is 238 cm³/mol. The van der Waals surface area contributed by atoms with Crippen LogP contribution >= 0.6 is 0 Å².